The third-order valence-corrected chi connectivity index (χ3v) is 4.78. The van der Waals surface area contributed by atoms with E-state index < -0.39 is 0 Å². The first-order valence-corrected chi connectivity index (χ1v) is 9.35. The van der Waals surface area contributed by atoms with E-state index in [0.29, 0.717) is 5.82 Å². The zero-order valence-electron chi connectivity index (χ0n) is 16.6. The van der Waals surface area contributed by atoms with E-state index in [4.69, 9.17) is 19.4 Å². The fourth-order valence-electron chi connectivity index (χ4n) is 3.27. The topological polar surface area (TPSA) is 69.2 Å². The number of methoxy groups -OCH3 is 2. The summed E-state index contributed by atoms with van der Waals surface area (Å²) in [7, 11) is 3.32. The van der Waals surface area contributed by atoms with Crippen LogP contribution in [0.15, 0.2) is 67.0 Å². The number of nitrogens with one attached hydrogen (secondary N) is 1. The van der Waals surface area contributed by atoms with Gasteiger partial charge in [0.05, 0.1) is 25.8 Å². The molecule has 2 heterocycles. The highest BCUT2D eigenvalue weighted by molar-refractivity contribution is 5.90. The van der Waals surface area contributed by atoms with Crippen molar-refractivity contribution in [3.8, 4) is 22.9 Å². The fraction of sp³-hybridized carbons (Fsp3) is 0.174. The van der Waals surface area contributed by atoms with Crippen molar-refractivity contribution in [2.24, 2.45) is 0 Å². The van der Waals surface area contributed by atoms with Crippen LogP contribution < -0.4 is 14.8 Å². The Balaban J connectivity index is 1.78. The van der Waals surface area contributed by atoms with Crippen molar-refractivity contribution in [3.63, 3.8) is 0 Å². The Morgan fingerprint density at radius 1 is 0.931 bits per heavy atom. The average Bonchev–Trinajstić information content (AvgIpc) is 2.79. The smallest absolute Gasteiger partial charge is 0.163 e. The zero-order valence-corrected chi connectivity index (χ0v) is 16.6. The van der Waals surface area contributed by atoms with Crippen molar-refractivity contribution in [1.82, 2.24) is 15.0 Å². The van der Waals surface area contributed by atoms with E-state index in [1.54, 1.807) is 26.6 Å². The minimum absolute atomic E-state index is 0.0693. The molecule has 0 bridgehead atoms. The zero-order chi connectivity index (χ0) is 20.2. The molecule has 0 spiro atoms. The average molecular weight is 386 g/mol. The quantitative estimate of drug-likeness (QED) is 0.509. The van der Waals surface area contributed by atoms with Crippen molar-refractivity contribution in [1.29, 1.82) is 0 Å². The van der Waals surface area contributed by atoms with Gasteiger partial charge in [-0.05, 0) is 49.4 Å². The summed E-state index contributed by atoms with van der Waals surface area (Å²) in [5.41, 5.74) is 2.72. The van der Waals surface area contributed by atoms with Crippen LogP contribution in [0.4, 0.5) is 5.82 Å². The second-order valence-electron chi connectivity index (χ2n) is 6.63. The van der Waals surface area contributed by atoms with Gasteiger partial charge in [-0.3, -0.25) is 4.98 Å². The Bertz CT molecular complexity index is 1130. The highest BCUT2D eigenvalue weighted by atomic mass is 16.5. The van der Waals surface area contributed by atoms with E-state index in [2.05, 4.69) is 17.2 Å². The molecule has 6 heteroatoms. The first kappa shape index (κ1) is 18.7. The molecule has 1 atom stereocenters. The monoisotopic (exact) mass is 386 g/mol. The summed E-state index contributed by atoms with van der Waals surface area (Å²) in [5.74, 6) is 2.95. The number of hydrogen-bond acceptors (Lipinski definition) is 6. The lowest BCUT2D eigenvalue weighted by atomic mass is 10.1. The normalized spacial score (nSPS) is 11.8. The third-order valence-electron chi connectivity index (χ3n) is 4.78. The largest absolute Gasteiger partial charge is 0.497 e. The van der Waals surface area contributed by atoms with Gasteiger partial charge in [0.25, 0.3) is 0 Å². The molecule has 0 aliphatic carbocycles. The number of nitrogens with zero attached hydrogens (tertiary/aromatic N) is 3. The summed E-state index contributed by atoms with van der Waals surface area (Å²) in [6.07, 6.45) is 3.50. The number of anilines is 1. The Kier molecular flexibility index (Phi) is 5.24. The highest BCUT2D eigenvalue weighted by Crippen LogP contribution is 2.33. The molecule has 0 saturated carbocycles. The molecule has 0 amide bonds. The molecule has 29 heavy (non-hydrogen) atoms. The predicted octanol–water partition coefficient (Wildman–Crippen LogP) is 4.88. The number of rotatable bonds is 6. The Labute approximate surface area is 169 Å². The summed E-state index contributed by atoms with van der Waals surface area (Å²) in [5, 5.41) is 4.48. The summed E-state index contributed by atoms with van der Waals surface area (Å²) < 4.78 is 10.9. The molecule has 0 saturated heterocycles. The molecule has 6 nitrogen and oxygen atoms in total. The van der Waals surface area contributed by atoms with Crippen LogP contribution in [0.25, 0.3) is 22.3 Å². The van der Waals surface area contributed by atoms with Crippen LogP contribution in [0.3, 0.4) is 0 Å². The molecule has 146 valence electrons. The summed E-state index contributed by atoms with van der Waals surface area (Å²) in [4.78, 5) is 13.7. The minimum atomic E-state index is -0.0693. The van der Waals surface area contributed by atoms with Gasteiger partial charge in [0.1, 0.15) is 17.3 Å². The van der Waals surface area contributed by atoms with E-state index >= 15 is 0 Å². The number of fused-ring (bicyclic) bond motifs is 1. The maximum atomic E-state index is 5.55. The van der Waals surface area contributed by atoms with E-state index in [9.17, 15) is 0 Å². The number of hydrogen-bond donors (Lipinski definition) is 1. The third kappa shape index (κ3) is 3.82. The van der Waals surface area contributed by atoms with E-state index in [1.165, 1.54) is 0 Å². The number of para-hydroxylation sites is 1. The van der Waals surface area contributed by atoms with Gasteiger partial charge in [0, 0.05) is 28.9 Å². The Hall–Kier alpha value is -3.67. The molecule has 2 aromatic carbocycles. The molecular weight excluding hydrogens is 364 g/mol. The van der Waals surface area contributed by atoms with Crippen molar-refractivity contribution in [2.75, 3.05) is 19.5 Å². The van der Waals surface area contributed by atoms with Gasteiger partial charge in [0.2, 0.25) is 0 Å². The van der Waals surface area contributed by atoms with Gasteiger partial charge in [-0.25, -0.2) is 9.97 Å². The first-order valence-electron chi connectivity index (χ1n) is 9.35. The Morgan fingerprint density at radius 3 is 2.55 bits per heavy atom. The minimum Gasteiger partial charge on any atom is -0.497 e. The fourth-order valence-corrected chi connectivity index (χ4v) is 3.27. The summed E-state index contributed by atoms with van der Waals surface area (Å²) in [6.45, 7) is 2.07. The number of ether oxygens (including phenoxy) is 2. The lowest BCUT2D eigenvalue weighted by Crippen LogP contribution is -2.11. The van der Waals surface area contributed by atoms with Crippen molar-refractivity contribution in [3.05, 3.63) is 72.6 Å². The summed E-state index contributed by atoms with van der Waals surface area (Å²) in [6, 6.07) is 17.5. The molecule has 1 N–H and O–H groups in total. The van der Waals surface area contributed by atoms with Crippen LogP contribution in [0, 0.1) is 0 Å². The van der Waals surface area contributed by atoms with Crippen LogP contribution in [0.5, 0.6) is 11.5 Å². The van der Waals surface area contributed by atoms with Gasteiger partial charge in [-0.15, -0.1) is 0 Å². The number of benzene rings is 2. The molecule has 0 unspecified atom stereocenters. The van der Waals surface area contributed by atoms with E-state index in [1.807, 2.05) is 54.6 Å². The van der Waals surface area contributed by atoms with Crippen LogP contribution in [0.1, 0.15) is 18.5 Å². The van der Waals surface area contributed by atoms with Gasteiger partial charge >= 0.3 is 0 Å². The van der Waals surface area contributed by atoms with Crippen LogP contribution in [-0.2, 0) is 0 Å². The van der Waals surface area contributed by atoms with Gasteiger partial charge in [-0.1, -0.05) is 12.1 Å². The van der Waals surface area contributed by atoms with Crippen LogP contribution in [0.2, 0.25) is 0 Å². The number of pyridine rings is 1. The molecule has 0 fully saturated rings. The standard InChI is InChI=1S/C23H22N4O2/c1-15(19-13-17(28-2)10-11-21(19)29-3)25-23-18-8-4-5-9-20(18)26-22(27-23)16-7-6-12-24-14-16/h4-15H,1-3H3,(H,25,26,27)/t15-/m0/s1. The highest BCUT2D eigenvalue weighted by Gasteiger charge is 2.16. The van der Waals surface area contributed by atoms with Gasteiger partial charge in [0.15, 0.2) is 5.82 Å². The van der Waals surface area contributed by atoms with E-state index in [0.717, 1.165) is 39.3 Å². The second-order valence-corrected chi connectivity index (χ2v) is 6.63. The van der Waals surface area contributed by atoms with Crippen LogP contribution in [-0.4, -0.2) is 29.2 Å². The van der Waals surface area contributed by atoms with Crippen molar-refractivity contribution in [2.45, 2.75) is 13.0 Å². The maximum absolute atomic E-state index is 5.55. The molecule has 0 aliphatic heterocycles. The maximum Gasteiger partial charge on any atom is 0.163 e. The van der Waals surface area contributed by atoms with E-state index in [-0.39, 0.29) is 6.04 Å². The lowest BCUT2D eigenvalue weighted by Gasteiger charge is -2.20. The van der Waals surface area contributed by atoms with Gasteiger partial charge in [-0.2, -0.15) is 0 Å². The SMILES string of the molecule is COc1ccc(OC)c([C@H](C)Nc2nc(-c3cccnc3)nc3ccccc23)c1. The van der Waals surface area contributed by atoms with Gasteiger partial charge < -0.3 is 14.8 Å². The van der Waals surface area contributed by atoms with Crippen molar-refractivity contribution < 1.29 is 9.47 Å². The molecular formula is C23H22N4O2. The lowest BCUT2D eigenvalue weighted by molar-refractivity contribution is 0.397. The molecule has 2 aromatic heterocycles. The molecule has 0 radical (unpaired) electrons. The molecule has 4 rings (SSSR count). The number of aromatic nitrogens is 3. The predicted molar refractivity (Wildman–Crippen MR) is 114 cm³/mol. The second kappa shape index (κ2) is 8.14. The first-order chi connectivity index (χ1) is 14.2. The van der Waals surface area contributed by atoms with Crippen LogP contribution >= 0.6 is 0 Å². The van der Waals surface area contributed by atoms with Crippen molar-refractivity contribution >= 4 is 16.7 Å². The molecule has 4 aromatic rings. The Morgan fingerprint density at radius 2 is 1.79 bits per heavy atom. The molecule has 0 aliphatic rings. The summed E-state index contributed by atoms with van der Waals surface area (Å²) >= 11 is 0.